The average molecular weight is 425 g/mol. The lowest BCUT2D eigenvalue weighted by molar-refractivity contribution is -0.0503. The van der Waals surface area contributed by atoms with Gasteiger partial charge in [0.25, 0.3) is 11.8 Å². The summed E-state index contributed by atoms with van der Waals surface area (Å²) < 4.78 is 1.69. The summed E-state index contributed by atoms with van der Waals surface area (Å²) in [6, 6.07) is 5.37. The molecule has 3 N–H and O–H groups in total. The molecule has 7 nitrogen and oxygen atoms in total. The van der Waals surface area contributed by atoms with Crippen LogP contribution < -0.4 is 10.6 Å². The summed E-state index contributed by atoms with van der Waals surface area (Å²) in [6.45, 7) is 2.81. The average Bonchev–Trinajstić information content (AvgIpc) is 3.15. The van der Waals surface area contributed by atoms with Gasteiger partial charge in [-0.15, -0.1) is 0 Å². The van der Waals surface area contributed by atoms with Gasteiger partial charge in [0.05, 0.1) is 6.10 Å². The number of hydrogen-bond acceptors (Lipinski definition) is 4. The molecule has 4 aliphatic rings. The fourth-order valence-electron chi connectivity index (χ4n) is 6.66. The molecule has 0 spiro atoms. The van der Waals surface area contributed by atoms with Gasteiger partial charge in [0.15, 0.2) is 0 Å². The SMILES string of the molecule is CC(O)CCNC(=O)c1cn2c(C(=O)NCC34CC5CC(CC(C5)C3)C4)cccc2n1. The van der Waals surface area contributed by atoms with Crippen LogP contribution >= 0.6 is 0 Å². The minimum atomic E-state index is -0.467. The molecular weight excluding hydrogens is 392 g/mol. The lowest BCUT2D eigenvalue weighted by Gasteiger charge is -2.56. The molecule has 6 rings (SSSR count). The Bertz CT molecular complexity index is 961. The minimum Gasteiger partial charge on any atom is -0.393 e. The van der Waals surface area contributed by atoms with E-state index in [-0.39, 0.29) is 22.9 Å². The molecule has 166 valence electrons. The summed E-state index contributed by atoms with van der Waals surface area (Å²) in [5.41, 5.74) is 1.62. The van der Waals surface area contributed by atoms with E-state index in [1.807, 2.05) is 0 Å². The largest absolute Gasteiger partial charge is 0.393 e. The summed E-state index contributed by atoms with van der Waals surface area (Å²) in [5, 5.41) is 15.3. The van der Waals surface area contributed by atoms with E-state index in [1.54, 1.807) is 35.7 Å². The van der Waals surface area contributed by atoms with E-state index in [0.29, 0.717) is 24.3 Å². The first-order valence-electron chi connectivity index (χ1n) is 11.6. The van der Waals surface area contributed by atoms with Crippen molar-refractivity contribution in [2.24, 2.45) is 23.2 Å². The van der Waals surface area contributed by atoms with E-state index < -0.39 is 6.10 Å². The van der Waals surface area contributed by atoms with Crippen molar-refractivity contribution >= 4 is 17.5 Å². The van der Waals surface area contributed by atoms with E-state index in [9.17, 15) is 14.7 Å². The Labute approximate surface area is 182 Å². The third kappa shape index (κ3) is 4.07. The number of hydrogen-bond donors (Lipinski definition) is 3. The Kier molecular flexibility index (Phi) is 5.24. The first-order valence-corrected chi connectivity index (χ1v) is 11.6. The summed E-state index contributed by atoms with van der Waals surface area (Å²) in [6.07, 6.45) is 9.58. The molecule has 4 fully saturated rings. The Morgan fingerprint density at radius 1 is 1.13 bits per heavy atom. The highest BCUT2D eigenvalue weighted by Gasteiger charge is 2.50. The van der Waals surface area contributed by atoms with Crippen LogP contribution in [0.15, 0.2) is 24.4 Å². The highest BCUT2D eigenvalue weighted by atomic mass is 16.3. The van der Waals surface area contributed by atoms with E-state index in [4.69, 9.17) is 0 Å². The van der Waals surface area contributed by atoms with Crippen molar-refractivity contribution in [3.8, 4) is 0 Å². The standard InChI is InChI=1S/C24H32N4O3/c1-15(29)5-6-25-22(30)19-13-28-20(3-2-4-21(28)27-19)23(31)26-14-24-10-16-7-17(11-24)9-18(8-16)12-24/h2-4,13,15-18,29H,5-12,14H2,1H3,(H,25,30)(H,26,31). The van der Waals surface area contributed by atoms with Gasteiger partial charge >= 0.3 is 0 Å². The molecule has 4 aliphatic carbocycles. The first kappa shape index (κ1) is 20.5. The van der Waals surface area contributed by atoms with Crippen molar-refractivity contribution < 1.29 is 14.7 Å². The van der Waals surface area contributed by atoms with Crippen LogP contribution in [0.3, 0.4) is 0 Å². The number of rotatable bonds is 7. The number of pyridine rings is 1. The monoisotopic (exact) mass is 424 g/mol. The molecular formula is C24H32N4O3. The van der Waals surface area contributed by atoms with Crippen LogP contribution in [0.25, 0.3) is 5.65 Å². The number of imidazole rings is 1. The third-order valence-electron chi connectivity index (χ3n) is 7.59. The number of aliphatic hydroxyl groups excluding tert-OH is 1. The Balaban J connectivity index is 1.28. The fourth-order valence-corrected chi connectivity index (χ4v) is 6.66. The Morgan fingerprint density at radius 3 is 2.45 bits per heavy atom. The maximum atomic E-state index is 13.1. The number of nitrogens with one attached hydrogen (secondary N) is 2. The fraction of sp³-hybridized carbons (Fsp3) is 0.625. The number of aliphatic hydroxyl groups is 1. The molecule has 0 radical (unpaired) electrons. The molecule has 2 aromatic rings. The van der Waals surface area contributed by atoms with Gasteiger partial charge in [0.2, 0.25) is 0 Å². The molecule has 1 unspecified atom stereocenters. The molecule has 0 aliphatic heterocycles. The van der Waals surface area contributed by atoms with Crippen molar-refractivity contribution in [3.63, 3.8) is 0 Å². The van der Waals surface area contributed by atoms with Gasteiger partial charge in [-0.05, 0) is 87.2 Å². The van der Waals surface area contributed by atoms with Crippen LogP contribution in [0.5, 0.6) is 0 Å². The topological polar surface area (TPSA) is 95.7 Å². The molecule has 1 atom stereocenters. The van der Waals surface area contributed by atoms with Crippen molar-refractivity contribution in [2.75, 3.05) is 13.1 Å². The van der Waals surface area contributed by atoms with E-state index in [1.165, 1.54) is 38.5 Å². The minimum absolute atomic E-state index is 0.111. The van der Waals surface area contributed by atoms with Gasteiger partial charge in [-0.3, -0.25) is 14.0 Å². The maximum Gasteiger partial charge on any atom is 0.271 e. The number of aromatic nitrogens is 2. The van der Waals surface area contributed by atoms with E-state index in [0.717, 1.165) is 24.3 Å². The van der Waals surface area contributed by atoms with Crippen LogP contribution in [0.1, 0.15) is 72.8 Å². The summed E-state index contributed by atoms with van der Waals surface area (Å²) in [5.74, 6) is 2.16. The van der Waals surface area contributed by atoms with Crippen LogP contribution in [0.4, 0.5) is 0 Å². The maximum absolute atomic E-state index is 13.1. The number of nitrogens with zero attached hydrogens (tertiary/aromatic N) is 2. The van der Waals surface area contributed by atoms with Crippen molar-refractivity contribution in [3.05, 3.63) is 35.8 Å². The quantitative estimate of drug-likeness (QED) is 0.637. The molecule has 31 heavy (non-hydrogen) atoms. The second-order valence-electron chi connectivity index (χ2n) is 10.3. The van der Waals surface area contributed by atoms with Crippen LogP contribution in [0.2, 0.25) is 0 Å². The van der Waals surface area contributed by atoms with Gasteiger partial charge in [-0.1, -0.05) is 6.07 Å². The van der Waals surface area contributed by atoms with E-state index >= 15 is 0 Å². The second-order valence-corrected chi connectivity index (χ2v) is 10.3. The molecule has 4 saturated carbocycles. The smallest absolute Gasteiger partial charge is 0.271 e. The highest BCUT2D eigenvalue weighted by Crippen LogP contribution is 2.59. The zero-order valence-corrected chi connectivity index (χ0v) is 18.1. The van der Waals surface area contributed by atoms with Crippen molar-refractivity contribution in [1.29, 1.82) is 0 Å². The molecule has 2 amide bonds. The van der Waals surface area contributed by atoms with Crippen LogP contribution in [0, 0.1) is 23.2 Å². The summed E-state index contributed by atoms with van der Waals surface area (Å²) in [4.78, 5) is 29.9. The third-order valence-corrected chi connectivity index (χ3v) is 7.59. The first-order chi connectivity index (χ1) is 14.9. The van der Waals surface area contributed by atoms with Crippen molar-refractivity contribution in [2.45, 2.75) is 58.0 Å². The molecule has 7 heteroatoms. The Hall–Kier alpha value is -2.41. The van der Waals surface area contributed by atoms with Gasteiger partial charge in [0.1, 0.15) is 17.0 Å². The van der Waals surface area contributed by atoms with Crippen LogP contribution in [-0.4, -0.2) is 45.5 Å². The number of carbonyl (C=O) groups excluding carboxylic acids is 2. The lowest BCUT2D eigenvalue weighted by atomic mass is 9.49. The predicted molar refractivity (Wildman–Crippen MR) is 117 cm³/mol. The van der Waals surface area contributed by atoms with Crippen LogP contribution in [-0.2, 0) is 0 Å². The van der Waals surface area contributed by atoms with Gasteiger partial charge in [-0.2, -0.15) is 0 Å². The zero-order chi connectivity index (χ0) is 21.6. The predicted octanol–water partition coefficient (Wildman–Crippen LogP) is 2.78. The van der Waals surface area contributed by atoms with Gasteiger partial charge < -0.3 is 15.7 Å². The molecule has 0 saturated heterocycles. The van der Waals surface area contributed by atoms with Crippen molar-refractivity contribution in [1.82, 2.24) is 20.0 Å². The molecule has 2 heterocycles. The molecule has 2 aromatic heterocycles. The molecule has 4 bridgehead atoms. The van der Waals surface area contributed by atoms with Gasteiger partial charge in [-0.25, -0.2) is 4.98 Å². The summed E-state index contributed by atoms with van der Waals surface area (Å²) in [7, 11) is 0. The van der Waals surface area contributed by atoms with Gasteiger partial charge in [0, 0.05) is 19.3 Å². The van der Waals surface area contributed by atoms with E-state index in [2.05, 4.69) is 15.6 Å². The highest BCUT2D eigenvalue weighted by molar-refractivity contribution is 5.95. The second kappa shape index (κ2) is 7.93. The number of carbonyl (C=O) groups is 2. The number of fused-ring (bicyclic) bond motifs is 1. The number of amides is 2. The Morgan fingerprint density at radius 2 is 1.81 bits per heavy atom. The summed E-state index contributed by atoms with van der Waals surface area (Å²) >= 11 is 0. The normalized spacial score (nSPS) is 29.8. The zero-order valence-electron chi connectivity index (χ0n) is 18.1. The lowest BCUT2D eigenvalue weighted by Crippen LogP contribution is -2.51. The molecule has 0 aromatic carbocycles.